The fourth-order valence-electron chi connectivity index (χ4n) is 1.33. The van der Waals surface area contributed by atoms with Gasteiger partial charge in [0, 0.05) is 23.5 Å². The number of hydrogen-bond acceptors (Lipinski definition) is 2. The van der Waals surface area contributed by atoms with E-state index in [1.54, 1.807) is 0 Å². The number of halogens is 3. The molecule has 0 heterocycles. The van der Waals surface area contributed by atoms with Crippen LogP contribution in [0.1, 0.15) is 19.3 Å². The van der Waals surface area contributed by atoms with E-state index >= 15 is 0 Å². The topological polar surface area (TPSA) is 49.3 Å². The Balaban J connectivity index is 2.44. The van der Waals surface area contributed by atoms with Crippen LogP contribution >= 0.6 is 15.9 Å². The zero-order valence-corrected chi connectivity index (χ0v) is 10.6. The summed E-state index contributed by atoms with van der Waals surface area (Å²) in [5.41, 5.74) is 0.196. The molecule has 0 aliphatic heterocycles. The third kappa shape index (κ3) is 4.68. The standard InChI is InChI=1S/C11H12BrF2NO2/c12-8-5-7(13)6-9(14)11(8)15-4-2-1-3-10(16)17/h5-6,15H,1-4H2,(H,16,17). The lowest BCUT2D eigenvalue weighted by molar-refractivity contribution is -0.137. The van der Waals surface area contributed by atoms with Crippen molar-refractivity contribution in [1.29, 1.82) is 0 Å². The number of benzene rings is 1. The lowest BCUT2D eigenvalue weighted by Crippen LogP contribution is -2.05. The second-order valence-corrected chi connectivity index (χ2v) is 4.38. The van der Waals surface area contributed by atoms with E-state index in [2.05, 4.69) is 21.2 Å². The molecule has 6 heteroatoms. The van der Waals surface area contributed by atoms with Crippen LogP contribution in [-0.4, -0.2) is 17.6 Å². The summed E-state index contributed by atoms with van der Waals surface area (Å²) < 4.78 is 26.4. The molecule has 0 bridgehead atoms. The molecule has 0 amide bonds. The average molecular weight is 308 g/mol. The van der Waals surface area contributed by atoms with E-state index in [9.17, 15) is 13.6 Å². The molecule has 0 unspecified atom stereocenters. The van der Waals surface area contributed by atoms with E-state index in [0.29, 0.717) is 23.9 Å². The van der Waals surface area contributed by atoms with Crippen molar-refractivity contribution in [3.05, 3.63) is 28.2 Å². The number of carboxylic acid groups (broad SMARTS) is 1. The van der Waals surface area contributed by atoms with Gasteiger partial charge in [-0.25, -0.2) is 8.78 Å². The minimum Gasteiger partial charge on any atom is -0.481 e. The van der Waals surface area contributed by atoms with E-state index in [0.717, 1.165) is 6.07 Å². The zero-order chi connectivity index (χ0) is 12.8. The van der Waals surface area contributed by atoms with Crippen LogP contribution in [-0.2, 0) is 4.79 Å². The Morgan fingerprint density at radius 3 is 2.65 bits per heavy atom. The third-order valence-corrected chi connectivity index (χ3v) is 2.75. The summed E-state index contributed by atoms with van der Waals surface area (Å²) in [6.07, 6.45) is 1.22. The Morgan fingerprint density at radius 1 is 1.35 bits per heavy atom. The van der Waals surface area contributed by atoms with Crippen molar-refractivity contribution in [2.24, 2.45) is 0 Å². The van der Waals surface area contributed by atoms with Gasteiger partial charge in [-0.2, -0.15) is 0 Å². The van der Waals surface area contributed by atoms with Gasteiger partial charge in [-0.05, 0) is 34.8 Å². The van der Waals surface area contributed by atoms with Crippen molar-refractivity contribution in [2.45, 2.75) is 19.3 Å². The molecule has 0 aliphatic carbocycles. The van der Waals surface area contributed by atoms with Crippen LogP contribution in [0.2, 0.25) is 0 Å². The molecule has 0 radical (unpaired) electrons. The first kappa shape index (κ1) is 13.9. The van der Waals surface area contributed by atoms with Gasteiger partial charge in [-0.1, -0.05) is 0 Å². The number of nitrogens with one attached hydrogen (secondary N) is 1. The number of carboxylic acids is 1. The van der Waals surface area contributed by atoms with Crippen LogP contribution in [0.4, 0.5) is 14.5 Å². The van der Waals surface area contributed by atoms with E-state index < -0.39 is 17.6 Å². The predicted molar refractivity (Wildman–Crippen MR) is 64.0 cm³/mol. The number of anilines is 1. The van der Waals surface area contributed by atoms with Gasteiger partial charge >= 0.3 is 5.97 Å². The Bertz CT molecular complexity index is 389. The highest BCUT2D eigenvalue weighted by Crippen LogP contribution is 2.26. The largest absolute Gasteiger partial charge is 0.481 e. The number of rotatable bonds is 6. The highest BCUT2D eigenvalue weighted by molar-refractivity contribution is 9.10. The van der Waals surface area contributed by atoms with Gasteiger partial charge in [0.05, 0.1) is 5.69 Å². The first-order valence-electron chi connectivity index (χ1n) is 5.11. The van der Waals surface area contributed by atoms with E-state index in [-0.39, 0.29) is 12.1 Å². The fraction of sp³-hybridized carbons (Fsp3) is 0.364. The molecular weight excluding hydrogens is 296 g/mol. The molecule has 1 aromatic rings. The Hall–Kier alpha value is -1.17. The van der Waals surface area contributed by atoms with Gasteiger partial charge in [0.25, 0.3) is 0 Å². The highest BCUT2D eigenvalue weighted by atomic mass is 79.9. The van der Waals surface area contributed by atoms with Gasteiger partial charge in [-0.15, -0.1) is 0 Å². The fourth-order valence-corrected chi connectivity index (χ4v) is 1.87. The second kappa shape index (κ2) is 6.54. The molecule has 2 N–H and O–H groups in total. The normalized spacial score (nSPS) is 10.3. The SMILES string of the molecule is O=C(O)CCCCNc1c(F)cc(F)cc1Br. The first-order valence-corrected chi connectivity index (χ1v) is 5.90. The predicted octanol–water partition coefficient (Wildman–Crippen LogP) is 3.39. The molecule has 0 fully saturated rings. The monoisotopic (exact) mass is 307 g/mol. The summed E-state index contributed by atoms with van der Waals surface area (Å²) in [7, 11) is 0. The van der Waals surface area contributed by atoms with Crippen LogP contribution < -0.4 is 5.32 Å². The molecule has 94 valence electrons. The number of carbonyl (C=O) groups is 1. The minimum atomic E-state index is -0.848. The lowest BCUT2D eigenvalue weighted by atomic mass is 10.2. The summed E-state index contributed by atoms with van der Waals surface area (Å²) in [6.45, 7) is 0.439. The van der Waals surface area contributed by atoms with Crippen LogP contribution in [0.25, 0.3) is 0 Å². The van der Waals surface area contributed by atoms with Crippen molar-refractivity contribution < 1.29 is 18.7 Å². The maximum absolute atomic E-state index is 13.3. The van der Waals surface area contributed by atoms with E-state index in [4.69, 9.17) is 5.11 Å². The lowest BCUT2D eigenvalue weighted by Gasteiger charge is -2.09. The first-order chi connectivity index (χ1) is 8.00. The number of unbranched alkanes of at least 4 members (excludes halogenated alkanes) is 1. The maximum Gasteiger partial charge on any atom is 0.303 e. The molecule has 0 saturated carbocycles. The molecule has 0 spiro atoms. The highest BCUT2D eigenvalue weighted by Gasteiger charge is 2.08. The van der Waals surface area contributed by atoms with Crippen molar-refractivity contribution >= 4 is 27.6 Å². The van der Waals surface area contributed by atoms with Crippen LogP contribution in [0, 0.1) is 11.6 Å². The summed E-state index contributed by atoms with van der Waals surface area (Å²) in [5.74, 6) is -2.17. The zero-order valence-electron chi connectivity index (χ0n) is 8.97. The molecule has 1 rings (SSSR count). The average Bonchev–Trinajstić information content (AvgIpc) is 2.20. The van der Waals surface area contributed by atoms with Crippen molar-refractivity contribution in [1.82, 2.24) is 0 Å². The van der Waals surface area contributed by atoms with Gasteiger partial charge in [0.1, 0.15) is 11.6 Å². The van der Waals surface area contributed by atoms with Crippen molar-refractivity contribution in [3.8, 4) is 0 Å². The summed E-state index contributed by atoms with van der Waals surface area (Å²) in [6, 6.07) is 1.97. The molecule has 17 heavy (non-hydrogen) atoms. The quantitative estimate of drug-likeness (QED) is 0.792. The molecule has 0 aromatic heterocycles. The van der Waals surface area contributed by atoms with Gasteiger partial charge in [0.2, 0.25) is 0 Å². The van der Waals surface area contributed by atoms with Gasteiger partial charge in [-0.3, -0.25) is 4.79 Å². The molecule has 0 aliphatic rings. The van der Waals surface area contributed by atoms with Crippen LogP contribution in [0.15, 0.2) is 16.6 Å². The minimum absolute atomic E-state index is 0.0920. The van der Waals surface area contributed by atoms with Crippen LogP contribution in [0.5, 0.6) is 0 Å². The Morgan fingerprint density at radius 2 is 2.06 bits per heavy atom. The number of hydrogen-bond donors (Lipinski definition) is 2. The second-order valence-electron chi connectivity index (χ2n) is 3.52. The Labute approximate surface area is 106 Å². The smallest absolute Gasteiger partial charge is 0.303 e. The summed E-state index contributed by atoms with van der Waals surface area (Å²) in [4.78, 5) is 10.2. The molecule has 0 atom stereocenters. The Kier molecular flexibility index (Phi) is 5.34. The van der Waals surface area contributed by atoms with Gasteiger partial charge in [0.15, 0.2) is 0 Å². The van der Waals surface area contributed by atoms with Crippen molar-refractivity contribution in [3.63, 3.8) is 0 Å². The molecule has 0 saturated heterocycles. The van der Waals surface area contributed by atoms with Gasteiger partial charge < -0.3 is 10.4 Å². The number of aliphatic carboxylic acids is 1. The molecule has 3 nitrogen and oxygen atoms in total. The molecule has 1 aromatic carbocycles. The summed E-state index contributed by atoms with van der Waals surface area (Å²) >= 11 is 3.05. The van der Waals surface area contributed by atoms with Crippen LogP contribution in [0.3, 0.4) is 0 Å². The summed E-state index contributed by atoms with van der Waals surface area (Å²) in [5, 5.41) is 11.2. The third-order valence-electron chi connectivity index (χ3n) is 2.13. The van der Waals surface area contributed by atoms with Crippen molar-refractivity contribution in [2.75, 3.05) is 11.9 Å². The molecular formula is C11H12BrF2NO2. The van der Waals surface area contributed by atoms with E-state index in [1.165, 1.54) is 6.07 Å². The maximum atomic E-state index is 13.3. The van der Waals surface area contributed by atoms with E-state index in [1.807, 2.05) is 0 Å².